The lowest BCUT2D eigenvalue weighted by Gasteiger charge is -2.13. The van der Waals surface area contributed by atoms with Crippen LogP contribution in [0.25, 0.3) is 0 Å². The van der Waals surface area contributed by atoms with Gasteiger partial charge in [0.15, 0.2) is 19.0 Å². The van der Waals surface area contributed by atoms with Crippen LogP contribution in [0.2, 0.25) is 0 Å². The molecule has 3 unspecified atom stereocenters. The maximum atomic E-state index is 12.8. The highest BCUT2D eigenvalue weighted by atomic mass is 19.1. The highest BCUT2D eigenvalue weighted by Gasteiger charge is 2.42. The quantitative estimate of drug-likeness (QED) is 0.536. The highest BCUT2D eigenvalue weighted by Crippen LogP contribution is 2.22. The molecule has 2 aliphatic rings. The minimum absolute atomic E-state index is 0.0211. The molecule has 0 N–H and O–H groups in total. The van der Waals surface area contributed by atoms with E-state index in [9.17, 15) is 9.18 Å². The lowest BCUT2D eigenvalue weighted by atomic mass is 10.2. The summed E-state index contributed by atoms with van der Waals surface area (Å²) in [6.07, 6.45) is -3.86. The summed E-state index contributed by atoms with van der Waals surface area (Å²) in [4.78, 5) is 10.5. The molecule has 2 saturated heterocycles. The van der Waals surface area contributed by atoms with Crippen LogP contribution in [0, 0.1) is 0 Å². The first-order chi connectivity index (χ1) is 5.77. The minimum Gasteiger partial charge on any atom is -0.430 e. The van der Waals surface area contributed by atoms with Gasteiger partial charge in [0, 0.05) is 0 Å². The number of alkyl halides is 1. The average Bonchev–Trinajstić information content (AvgIpc) is 2.58. The van der Waals surface area contributed by atoms with Gasteiger partial charge in [-0.05, 0) is 0 Å². The fraction of sp³-hybridized carbons (Fsp3) is 0.833. The zero-order valence-corrected chi connectivity index (χ0v) is 6.07. The van der Waals surface area contributed by atoms with Crippen LogP contribution in [0.3, 0.4) is 0 Å². The Morgan fingerprint density at radius 3 is 2.75 bits per heavy atom. The summed E-state index contributed by atoms with van der Waals surface area (Å²) < 4.78 is 31.2. The highest BCUT2D eigenvalue weighted by molar-refractivity contribution is 5.61. The van der Waals surface area contributed by atoms with Crippen molar-refractivity contribution in [3.05, 3.63) is 0 Å². The summed E-state index contributed by atoms with van der Waals surface area (Å²) in [6, 6.07) is 0. The van der Waals surface area contributed by atoms with Gasteiger partial charge < -0.3 is 18.9 Å². The molecule has 5 nitrogen and oxygen atoms in total. The van der Waals surface area contributed by atoms with E-state index in [2.05, 4.69) is 14.2 Å². The molecule has 2 rings (SSSR count). The van der Waals surface area contributed by atoms with E-state index in [1.165, 1.54) is 0 Å². The fourth-order valence-electron chi connectivity index (χ4n) is 1.13. The molecule has 3 atom stereocenters. The third kappa shape index (κ3) is 1.23. The maximum Gasteiger partial charge on any atom is 0.508 e. The molecule has 0 aromatic heterocycles. The number of rotatable bonds is 1. The summed E-state index contributed by atoms with van der Waals surface area (Å²) in [5.41, 5.74) is 0. The Labute approximate surface area is 67.3 Å². The first-order valence-electron chi connectivity index (χ1n) is 3.48. The molecule has 68 valence electrons. The lowest BCUT2D eigenvalue weighted by molar-refractivity contribution is -0.0243. The second-order valence-electron chi connectivity index (χ2n) is 2.48. The summed E-state index contributed by atoms with van der Waals surface area (Å²) in [6.45, 7) is -0.0901. The first-order valence-corrected chi connectivity index (χ1v) is 3.48. The number of hydrogen-bond donors (Lipinski definition) is 0. The maximum absolute atomic E-state index is 12.8. The second kappa shape index (κ2) is 2.87. The van der Waals surface area contributed by atoms with Gasteiger partial charge in [-0.3, -0.25) is 0 Å². The molecule has 2 aliphatic heterocycles. The lowest BCUT2D eigenvalue weighted by Crippen LogP contribution is -2.34. The van der Waals surface area contributed by atoms with Gasteiger partial charge in [0.25, 0.3) is 0 Å². The van der Waals surface area contributed by atoms with Crippen LogP contribution in [0.4, 0.5) is 9.18 Å². The zero-order valence-electron chi connectivity index (χ0n) is 6.07. The van der Waals surface area contributed by atoms with Gasteiger partial charge in [-0.2, -0.15) is 0 Å². The molecule has 2 fully saturated rings. The minimum atomic E-state index is -1.54. The summed E-state index contributed by atoms with van der Waals surface area (Å²) >= 11 is 0. The Morgan fingerprint density at radius 2 is 2.25 bits per heavy atom. The van der Waals surface area contributed by atoms with E-state index < -0.39 is 24.7 Å². The van der Waals surface area contributed by atoms with Crippen molar-refractivity contribution in [3.63, 3.8) is 0 Å². The molecule has 0 amide bonds. The fourth-order valence-corrected chi connectivity index (χ4v) is 1.13. The van der Waals surface area contributed by atoms with E-state index in [0.29, 0.717) is 0 Å². The Morgan fingerprint density at radius 1 is 1.42 bits per heavy atom. The third-order valence-corrected chi connectivity index (χ3v) is 1.73. The normalized spacial score (nSPS) is 41.1. The summed E-state index contributed by atoms with van der Waals surface area (Å²) in [7, 11) is 0. The van der Waals surface area contributed by atoms with Crippen molar-refractivity contribution in [3.8, 4) is 0 Å². The Balaban J connectivity index is 1.95. The molecule has 0 bridgehead atoms. The van der Waals surface area contributed by atoms with Crippen molar-refractivity contribution in [2.45, 2.75) is 18.6 Å². The molecule has 6 heteroatoms. The number of carbonyl (C=O) groups is 1. The SMILES string of the molecule is O=C1OCC(C2OCOC2F)O1. The molecule has 0 aliphatic carbocycles. The number of carbonyl (C=O) groups excluding carboxylic acids is 1. The van der Waals surface area contributed by atoms with Crippen LogP contribution < -0.4 is 0 Å². The summed E-state index contributed by atoms with van der Waals surface area (Å²) in [5.74, 6) is 0. The first kappa shape index (κ1) is 7.75. The number of cyclic esters (lactones) is 2. The van der Waals surface area contributed by atoms with Gasteiger partial charge in [0.05, 0.1) is 0 Å². The smallest absolute Gasteiger partial charge is 0.430 e. The van der Waals surface area contributed by atoms with Crippen molar-refractivity contribution < 1.29 is 28.1 Å². The molecule has 2 heterocycles. The average molecular weight is 178 g/mol. The van der Waals surface area contributed by atoms with Crippen molar-refractivity contribution in [1.29, 1.82) is 0 Å². The predicted octanol–water partition coefficient (Wildman–Crippen LogP) is 0.190. The van der Waals surface area contributed by atoms with Crippen LogP contribution >= 0.6 is 0 Å². The van der Waals surface area contributed by atoms with Crippen molar-refractivity contribution in [1.82, 2.24) is 0 Å². The molecular weight excluding hydrogens is 171 g/mol. The molecule has 0 aromatic rings. The van der Waals surface area contributed by atoms with Gasteiger partial charge in [0.1, 0.15) is 6.61 Å². The van der Waals surface area contributed by atoms with Gasteiger partial charge in [-0.15, -0.1) is 0 Å². The molecule has 0 aromatic carbocycles. The van der Waals surface area contributed by atoms with Gasteiger partial charge in [-0.1, -0.05) is 0 Å². The van der Waals surface area contributed by atoms with Crippen molar-refractivity contribution in [2.75, 3.05) is 13.4 Å². The largest absolute Gasteiger partial charge is 0.508 e. The van der Waals surface area contributed by atoms with E-state index in [1.807, 2.05) is 0 Å². The second-order valence-corrected chi connectivity index (χ2v) is 2.48. The van der Waals surface area contributed by atoms with E-state index >= 15 is 0 Å². The Hall–Kier alpha value is -0.880. The molecule has 0 radical (unpaired) electrons. The molecule has 0 saturated carbocycles. The predicted molar refractivity (Wildman–Crippen MR) is 31.9 cm³/mol. The van der Waals surface area contributed by atoms with Crippen LogP contribution in [0.1, 0.15) is 0 Å². The van der Waals surface area contributed by atoms with Gasteiger partial charge in [-0.25, -0.2) is 9.18 Å². The molecule has 12 heavy (non-hydrogen) atoms. The van der Waals surface area contributed by atoms with E-state index in [4.69, 9.17) is 4.74 Å². The van der Waals surface area contributed by atoms with Crippen LogP contribution in [-0.2, 0) is 18.9 Å². The zero-order chi connectivity index (χ0) is 8.55. The van der Waals surface area contributed by atoms with Gasteiger partial charge in [0.2, 0.25) is 6.36 Å². The van der Waals surface area contributed by atoms with Crippen molar-refractivity contribution >= 4 is 6.16 Å². The monoisotopic (exact) mass is 178 g/mol. The van der Waals surface area contributed by atoms with E-state index in [1.54, 1.807) is 0 Å². The van der Waals surface area contributed by atoms with Crippen LogP contribution in [0.15, 0.2) is 0 Å². The standard InChI is InChI=1S/C6H7FO5/c7-5-4(10-2-11-5)3-1-9-6(8)12-3/h3-5H,1-2H2. The topological polar surface area (TPSA) is 54.0 Å². The number of halogens is 1. The van der Waals surface area contributed by atoms with Crippen LogP contribution in [0.5, 0.6) is 0 Å². The number of hydrogen-bond acceptors (Lipinski definition) is 5. The van der Waals surface area contributed by atoms with E-state index in [-0.39, 0.29) is 13.4 Å². The van der Waals surface area contributed by atoms with Crippen molar-refractivity contribution in [2.24, 2.45) is 0 Å². The van der Waals surface area contributed by atoms with Crippen LogP contribution in [-0.4, -0.2) is 38.1 Å². The Kier molecular flexibility index (Phi) is 1.86. The molecular formula is C6H7FO5. The third-order valence-electron chi connectivity index (χ3n) is 1.73. The van der Waals surface area contributed by atoms with E-state index in [0.717, 1.165) is 0 Å². The summed E-state index contributed by atoms with van der Waals surface area (Å²) in [5, 5.41) is 0. The Bertz CT molecular complexity index is 196. The number of ether oxygens (including phenoxy) is 4. The molecule has 0 spiro atoms. The van der Waals surface area contributed by atoms with Gasteiger partial charge >= 0.3 is 6.16 Å².